The Balaban J connectivity index is 1.68. The third kappa shape index (κ3) is 3.04. The van der Waals surface area contributed by atoms with Crippen molar-refractivity contribution in [2.75, 3.05) is 6.54 Å². The summed E-state index contributed by atoms with van der Waals surface area (Å²) in [6.45, 7) is 7.65. The molecule has 2 aromatic rings. The van der Waals surface area contributed by atoms with Crippen LogP contribution in [0.2, 0.25) is 0 Å². The van der Waals surface area contributed by atoms with Gasteiger partial charge in [-0.2, -0.15) is 13.2 Å². The molecule has 4 nitrogen and oxygen atoms in total. The van der Waals surface area contributed by atoms with Gasteiger partial charge in [0.05, 0.1) is 0 Å². The molecule has 1 fully saturated rings. The number of carbonyl (C=O) groups is 1. The number of aliphatic hydroxyl groups is 1. The van der Waals surface area contributed by atoms with E-state index in [0.717, 1.165) is 23.3 Å². The van der Waals surface area contributed by atoms with Gasteiger partial charge in [-0.1, -0.05) is 45.0 Å². The fraction of sp³-hybridized carbons (Fsp3) is 0.480. The lowest BCUT2D eigenvalue weighted by atomic mass is 9.51. The quantitative estimate of drug-likeness (QED) is 0.687. The van der Waals surface area contributed by atoms with E-state index in [4.69, 9.17) is 0 Å². The summed E-state index contributed by atoms with van der Waals surface area (Å²) in [6, 6.07) is 10.4. The van der Waals surface area contributed by atoms with Crippen LogP contribution in [-0.4, -0.2) is 39.8 Å². The molecule has 2 bridgehead atoms. The second kappa shape index (κ2) is 6.98. The summed E-state index contributed by atoms with van der Waals surface area (Å²) < 4.78 is 39.4. The molecule has 1 heterocycles. The van der Waals surface area contributed by atoms with Crippen LogP contribution >= 0.6 is 0 Å². The number of likely N-dealkylation sites (tertiary alicyclic amines) is 1. The van der Waals surface area contributed by atoms with Gasteiger partial charge in [-0.3, -0.25) is 4.79 Å². The summed E-state index contributed by atoms with van der Waals surface area (Å²) >= 11 is 0. The van der Waals surface area contributed by atoms with Gasteiger partial charge in [0.1, 0.15) is 5.75 Å². The molecule has 1 amide bonds. The van der Waals surface area contributed by atoms with E-state index in [9.17, 15) is 28.2 Å². The number of piperidine rings is 1. The van der Waals surface area contributed by atoms with E-state index in [0.29, 0.717) is 26.3 Å². The minimum atomic E-state index is -4.82. The van der Waals surface area contributed by atoms with E-state index in [-0.39, 0.29) is 39.7 Å². The van der Waals surface area contributed by atoms with Crippen LogP contribution in [0, 0.1) is 5.41 Å². The first kappa shape index (κ1) is 22.6. The topological polar surface area (TPSA) is 60.8 Å². The number of phenolic OH excluding ortho intramolecular Hbond substituents is 1. The van der Waals surface area contributed by atoms with E-state index >= 15 is 0 Å². The Bertz CT molecular complexity index is 1060. The molecule has 1 aliphatic carbocycles. The molecule has 32 heavy (non-hydrogen) atoms. The van der Waals surface area contributed by atoms with Crippen LogP contribution in [-0.2, 0) is 17.4 Å². The number of halogens is 3. The van der Waals surface area contributed by atoms with Gasteiger partial charge in [-0.15, -0.1) is 0 Å². The smallest absolute Gasteiger partial charge is 0.421 e. The number of rotatable bonds is 2. The third-order valence-electron chi connectivity index (χ3n) is 8.13. The van der Waals surface area contributed by atoms with Crippen molar-refractivity contribution in [2.24, 2.45) is 5.41 Å². The molecule has 0 saturated carbocycles. The first-order chi connectivity index (χ1) is 14.7. The average Bonchev–Trinajstić information content (AvgIpc) is 2.70. The second-order valence-electron chi connectivity index (χ2n) is 9.97. The molecule has 2 aromatic carbocycles. The number of benzene rings is 2. The molecule has 3 unspecified atom stereocenters. The van der Waals surface area contributed by atoms with Crippen LogP contribution in [0.25, 0.3) is 0 Å². The maximum atomic E-state index is 13.4. The predicted molar refractivity (Wildman–Crippen MR) is 114 cm³/mol. The molecule has 0 spiro atoms. The number of phenols is 1. The Hall–Kier alpha value is -2.54. The number of fused-ring (bicyclic) bond motifs is 4. The predicted octanol–water partition coefficient (Wildman–Crippen LogP) is 4.92. The van der Waals surface area contributed by atoms with Gasteiger partial charge in [-0.05, 0) is 60.1 Å². The minimum absolute atomic E-state index is 0.174. The summed E-state index contributed by atoms with van der Waals surface area (Å²) in [5, 5.41) is 20.4. The van der Waals surface area contributed by atoms with Crippen LogP contribution in [0.15, 0.2) is 42.5 Å². The SMILES string of the molecule is CC(O)(c1ccc(C(=O)N2CCC3(C)c4cccc(O)c4CC2C3(C)C)cc1)C(F)(F)F. The van der Waals surface area contributed by atoms with Crippen molar-refractivity contribution in [1.29, 1.82) is 0 Å². The van der Waals surface area contributed by atoms with Crippen LogP contribution in [0.5, 0.6) is 5.75 Å². The van der Waals surface area contributed by atoms with Crippen LogP contribution in [0.4, 0.5) is 13.2 Å². The lowest BCUT2D eigenvalue weighted by Crippen LogP contribution is -2.64. The number of nitrogens with zero attached hydrogens (tertiary/aromatic N) is 1. The van der Waals surface area contributed by atoms with Crippen LogP contribution in [0.3, 0.4) is 0 Å². The Morgan fingerprint density at radius 2 is 1.72 bits per heavy atom. The van der Waals surface area contributed by atoms with E-state index in [1.165, 1.54) is 12.1 Å². The minimum Gasteiger partial charge on any atom is -0.508 e. The van der Waals surface area contributed by atoms with Gasteiger partial charge in [0, 0.05) is 23.6 Å². The van der Waals surface area contributed by atoms with Gasteiger partial charge < -0.3 is 15.1 Å². The standard InChI is InChI=1S/C25H28F3NO3/c1-22(2)20-14-17-18(6-5-7-19(17)30)23(22,3)12-13-29(20)21(31)15-8-10-16(11-9-15)24(4,32)25(26,27)28/h5-11,20,30,32H,12-14H2,1-4H3. The first-order valence-corrected chi connectivity index (χ1v) is 10.7. The fourth-order valence-electron chi connectivity index (χ4n) is 5.44. The molecule has 1 aliphatic heterocycles. The zero-order valence-electron chi connectivity index (χ0n) is 18.6. The van der Waals surface area contributed by atoms with Gasteiger partial charge >= 0.3 is 6.18 Å². The van der Waals surface area contributed by atoms with Gasteiger partial charge in [-0.25, -0.2) is 0 Å². The Labute approximate surface area is 185 Å². The number of aromatic hydroxyl groups is 1. The van der Waals surface area contributed by atoms with Crippen molar-refractivity contribution >= 4 is 5.91 Å². The van der Waals surface area contributed by atoms with Crippen molar-refractivity contribution < 1.29 is 28.2 Å². The summed E-state index contributed by atoms with van der Waals surface area (Å²) in [6.07, 6.45) is -3.60. The Morgan fingerprint density at radius 3 is 2.31 bits per heavy atom. The number of hydrogen-bond donors (Lipinski definition) is 2. The van der Waals surface area contributed by atoms with E-state index < -0.39 is 11.8 Å². The normalized spacial score (nSPS) is 26.2. The largest absolute Gasteiger partial charge is 0.508 e. The molecule has 0 radical (unpaired) electrons. The summed E-state index contributed by atoms with van der Waals surface area (Å²) in [7, 11) is 0. The van der Waals surface area contributed by atoms with Gasteiger partial charge in [0.25, 0.3) is 5.91 Å². The highest BCUT2D eigenvalue weighted by atomic mass is 19.4. The summed E-state index contributed by atoms with van der Waals surface area (Å²) in [5.41, 5.74) is -1.57. The number of amides is 1. The maximum Gasteiger partial charge on any atom is 0.421 e. The Kier molecular flexibility index (Phi) is 4.94. The molecular weight excluding hydrogens is 419 g/mol. The van der Waals surface area contributed by atoms with Crippen molar-refractivity contribution in [2.45, 2.75) is 63.8 Å². The fourth-order valence-corrected chi connectivity index (χ4v) is 5.44. The van der Waals surface area contributed by atoms with E-state index in [2.05, 4.69) is 26.8 Å². The number of carbonyl (C=O) groups excluding carboxylic acids is 1. The number of alkyl halides is 3. The molecule has 3 atom stereocenters. The highest BCUT2D eigenvalue weighted by Crippen LogP contribution is 2.57. The molecule has 0 aromatic heterocycles. The van der Waals surface area contributed by atoms with Gasteiger partial charge in [0.2, 0.25) is 0 Å². The summed E-state index contributed by atoms with van der Waals surface area (Å²) in [4.78, 5) is 15.2. The monoisotopic (exact) mass is 447 g/mol. The van der Waals surface area contributed by atoms with Crippen LogP contribution in [0.1, 0.15) is 61.2 Å². The van der Waals surface area contributed by atoms with Crippen LogP contribution < -0.4 is 0 Å². The third-order valence-corrected chi connectivity index (χ3v) is 8.13. The molecular formula is C25H28F3NO3. The van der Waals surface area contributed by atoms with Crippen molar-refractivity contribution in [3.05, 3.63) is 64.7 Å². The molecule has 172 valence electrons. The molecule has 7 heteroatoms. The number of hydrogen-bond acceptors (Lipinski definition) is 3. The van der Waals surface area contributed by atoms with Crippen molar-refractivity contribution in [3.8, 4) is 5.75 Å². The zero-order valence-corrected chi connectivity index (χ0v) is 18.6. The second-order valence-corrected chi connectivity index (χ2v) is 9.97. The lowest BCUT2D eigenvalue weighted by molar-refractivity contribution is -0.258. The van der Waals surface area contributed by atoms with Gasteiger partial charge in [0.15, 0.2) is 5.60 Å². The lowest BCUT2D eigenvalue weighted by Gasteiger charge is -2.60. The highest BCUT2D eigenvalue weighted by Gasteiger charge is 2.57. The first-order valence-electron chi connectivity index (χ1n) is 10.7. The van der Waals surface area contributed by atoms with Crippen molar-refractivity contribution in [3.63, 3.8) is 0 Å². The average molecular weight is 447 g/mol. The highest BCUT2D eigenvalue weighted by molar-refractivity contribution is 5.94. The van der Waals surface area contributed by atoms with E-state index in [1.54, 1.807) is 11.0 Å². The zero-order chi connectivity index (χ0) is 23.7. The molecule has 2 aliphatic rings. The summed E-state index contributed by atoms with van der Waals surface area (Å²) in [5.74, 6) is -0.0375. The molecule has 2 N–H and O–H groups in total. The van der Waals surface area contributed by atoms with E-state index in [1.807, 2.05) is 6.07 Å². The molecule has 4 rings (SSSR count). The molecule has 1 saturated heterocycles. The Morgan fingerprint density at radius 1 is 1.09 bits per heavy atom. The maximum absolute atomic E-state index is 13.4. The van der Waals surface area contributed by atoms with Crippen molar-refractivity contribution in [1.82, 2.24) is 4.90 Å².